The third kappa shape index (κ3) is 4.95. The minimum absolute atomic E-state index is 0.0926. The molecule has 1 heterocycles. The smallest absolute Gasteiger partial charge is 0.325 e. The number of ether oxygens (including phenoxy) is 1. The second-order valence-electron chi connectivity index (χ2n) is 7.10. The van der Waals surface area contributed by atoms with Gasteiger partial charge in [-0.05, 0) is 31.9 Å². The topological polar surface area (TPSA) is 114 Å². The van der Waals surface area contributed by atoms with E-state index in [9.17, 15) is 19.6 Å². The van der Waals surface area contributed by atoms with Crippen molar-refractivity contribution in [2.24, 2.45) is 5.92 Å². The van der Waals surface area contributed by atoms with E-state index in [1.807, 2.05) is 13.8 Å². The van der Waals surface area contributed by atoms with E-state index in [1.54, 1.807) is 38.1 Å². The molecule has 8 nitrogen and oxygen atoms in total. The Morgan fingerprint density at radius 3 is 2.59 bits per heavy atom. The van der Waals surface area contributed by atoms with Crippen molar-refractivity contribution in [1.29, 1.82) is 5.26 Å². The van der Waals surface area contributed by atoms with E-state index < -0.39 is 16.8 Å². The molecule has 0 fully saturated rings. The van der Waals surface area contributed by atoms with Crippen molar-refractivity contribution in [2.45, 2.75) is 50.2 Å². The lowest BCUT2D eigenvalue weighted by atomic mass is 9.90. The number of thioether (sulfide) groups is 1. The Bertz CT molecular complexity index is 1030. The normalized spacial score (nSPS) is 14.1. The molecule has 0 saturated heterocycles. The third-order valence-corrected chi connectivity index (χ3v) is 5.85. The number of hydrogen-bond donors (Lipinski definition) is 1. The lowest BCUT2D eigenvalue weighted by Crippen LogP contribution is -2.51. The van der Waals surface area contributed by atoms with Gasteiger partial charge in [0.05, 0.1) is 29.3 Å². The molecule has 154 valence electrons. The summed E-state index contributed by atoms with van der Waals surface area (Å²) in [4.78, 5) is 41.8. The van der Waals surface area contributed by atoms with Gasteiger partial charge in [0, 0.05) is 0 Å². The summed E-state index contributed by atoms with van der Waals surface area (Å²) in [6, 6.07) is 8.92. The van der Waals surface area contributed by atoms with Gasteiger partial charge in [-0.25, -0.2) is 4.98 Å². The standard InChI is InChI=1S/C20H24N4O4S/c1-12(2)20(4,11-21)23-17(26)13(3)29-19-22-15-9-7-6-8-14(15)18(27)24(19)10-16(25)28-5/h6-9,12-13H,10H2,1-5H3,(H,23,26)/t13-,20-/m1/s1. The number of nitriles is 1. The molecule has 2 rings (SSSR count). The number of nitrogens with zero attached hydrogens (tertiary/aromatic N) is 3. The van der Waals surface area contributed by atoms with E-state index in [0.29, 0.717) is 10.9 Å². The van der Waals surface area contributed by atoms with Crippen LogP contribution < -0.4 is 10.9 Å². The van der Waals surface area contributed by atoms with Gasteiger partial charge in [0.1, 0.15) is 12.1 Å². The van der Waals surface area contributed by atoms with Gasteiger partial charge in [-0.15, -0.1) is 0 Å². The minimum atomic E-state index is -1.02. The second kappa shape index (κ2) is 9.09. The van der Waals surface area contributed by atoms with Crippen molar-refractivity contribution in [1.82, 2.24) is 14.9 Å². The van der Waals surface area contributed by atoms with Crippen LogP contribution in [0.5, 0.6) is 0 Å². The number of nitrogens with one attached hydrogen (secondary N) is 1. The van der Waals surface area contributed by atoms with Gasteiger partial charge >= 0.3 is 5.97 Å². The molecule has 1 aromatic carbocycles. The summed E-state index contributed by atoms with van der Waals surface area (Å²) in [7, 11) is 1.24. The van der Waals surface area contributed by atoms with Gasteiger partial charge in [0.25, 0.3) is 5.56 Å². The summed E-state index contributed by atoms with van der Waals surface area (Å²) in [5.41, 5.74) is -0.938. The fourth-order valence-corrected chi connectivity index (χ4v) is 3.35. The summed E-state index contributed by atoms with van der Waals surface area (Å²) < 4.78 is 5.89. The predicted molar refractivity (Wildman–Crippen MR) is 110 cm³/mol. The molecule has 0 bridgehead atoms. The van der Waals surface area contributed by atoms with Crippen LogP contribution in [0.2, 0.25) is 0 Å². The maximum atomic E-state index is 12.9. The molecule has 0 aliphatic carbocycles. The molecule has 1 N–H and O–H groups in total. The number of aromatic nitrogens is 2. The largest absolute Gasteiger partial charge is 0.468 e. The third-order valence-electron chi connectivity index (χ3n) is 4.76. The number of methoxy groups -OCH3 is 1. The first kappa shape index (κ1) is 22.4. The van der Waals surface area contributed by atoms with Crippen LogP contribution in [0.15, 0.2) is 34.2 Å². The fraction of sp³-hybridized carbons (Fsp3) is 0.450. The van der Waals surface area contributed by atoms with Crippen LogP contribution in [0.4, 0.5) is 0 Å². The average molecular weight is 417 g/mol. The molecule has 0 aliphatic rings. The zero-order chi connectivity index (χ0) is 21.8. The molecule has 0 saturated carbocycles. The van der Waals surface area contributed by atoms with Gasteiger partial charge in [-0.3, -0.25) is 19.0 Å². The highest BCUT2D eigenvalue weighted by atomic mass is 32.2. The molecule has 0 unspecified atom stereocenters. The Labute approximate surface area is 173 Å². The van der Waals surface area contributed by atoms with Crippen LogP contribution in [0.1, 0.15) is 27.7 Å². The average Bonchev–Trinajstić information content (AvgIpc) is 2.70. The van der Waals surface area contributed by atoms with Crippen molar-refractivity contribution in [2.75, 3.05) is 7.11 Å². The van der Waals surface area contributed by atoms with Crippen LogP contribution in [0.25, 0.3) is 10.9 Å². The number of fused-ring (bicyclic) bond motifs is 1. The van der Waals surface area contributed by atoms with E-state index in [2.05, 4.69) is 21.1 Å². The zero-order valence-corrected chi connectivity index (χ0v) is 17.9. The summed E-state index contributed by atoms with van der Waals surface area (Å²) in [5.74, 6) is -1.05. The van der Waals surface area contributed by atoms with Crippen molar-refractivity contribution >= 4 is 34.5 Å². The Kier molecular flexibility index (Phi) is 7.03. The maximum Gasteiger partial charge on any atom is 0.325 e. The molecule has 2 atom stereocenters. The highest BCUT2D eigenvalue weighted by Gasteiger charge is 2.32. The van der Waals surface area contributed by atoms with Gasteiger partial charge in [0.15, 0.2) is 5.16 Å². The lowest BCUT2D eigenvalue weighted by molar-refractivity contribution is -0.141. The number of amides is 1. The first-order valence-electron chi connectivity index (χ1n) is 9.09. The molecule has 9 heteroatoms. The maximum absolute atomic E-state index is 12.9. The Balaban J connectivity index is 2.40. The Morgan fingerprint density at radius 2 is 2.00 bits per heavy atom. The fourth-order valence-electron chi connectivity index (χ4n) is 2.44. The lowest BCUT2D eigenvalue weighted by Gasteiger charge is -2.28. The highest BCUT2D eigenvalue weighted by molar-refractivity contribution is 8.00. The minimum Gasteiger partial charge on any atom is -0.468 e. The van der Waals surface area contributed by atoms with E-state index >= 15 is 0 Å². The summed E-state index contributed by atoms with van der Waals surface area (Å²) >= 11 is 1.05. The number of carbonyl (C=O) groups is 2. The van der Waals surface area contributed by atoms with Crippen LogP contribution in [-0.4, -0.2) is 39.3 Å². The van der Waals surface area contributed by atoms with Crippen molar-refractivity contribution in [3.63, 3.8) is 0 Å². The van der Waals surface area contributed by atoms with Gasteiger partial charge in [0.2, 0.25) is 5.91 Å². The second-order valence-corrected chi connectivity index (χ2v) is 8.41. The quantitative estimate of drug-likeness (QED) is 0.418. The monoisotopic (exact) mass is 416 g/mol. The molecule has 0 aliphatic heterocycles. The van der Waals surface area contributed by atoms with E-state index in [0.717, 1.165) is 11.8 Å². The zero-order valence-electron chi connectivity index (χ0n) is 17.1. The Hall–Kier alpha value is -2.86. The Morgan fingerprint density at radius 1 is 1.34 bits per heavy atom. The number of rotatable bonds is 7. The van der Waals surface area contributed by atoms with E-state index in [-0.39, 0.29) is 29.1 Å². The molecular formula is C20H24N4O4S. The summed E-state index contributed by atoms with van der Waals surface area (Å²) in [5, 5.41) is 12.1. The molecule has 0 spiro atoms. The predicted octanol–water partition coefficient (Wildman–Crippen LogP) is 2.10. The SMILES string of the molecule is COC(=O)Cn1c(S[C@H](C)C(=O)N[C@](C)(C#N)C(C)C)nc2ccccc2c1=O. The molecule has 1 aromatic heterocycles. The highest BCUT2D eigenvalue weighted by Crippen LogP contribution is 2.24. The van der Waals surface area contributed by atoms with Gasteiger partial charge in [-0.1, -0.05) is 37.7 Å². The number of carbonyl (C=O) groups excluding carboxylic acids is 2. The molecule has 1 amide bonds. The number of para-hydroxylation sites is 1. The molecule has 2 aromatic rings. The van der Waals surface area contributed by atoms with Crippen LogP contribution in [-0.2, 0) is 20.9 Å². The van der Waals surface area contributed by atoms with Crippen molar-refractivity contribution in [3.05, 3.63) is 34.6 Å². The number of benzene rings is 1. The van der Waals surface area contributed by atoms with Crippen molar-refractivity contribution in [3.8, 4) is 6.07 Å². The van der Waals surface area contributed by atoms with E-state index in [4.69, 9.17) is 0 Å². The first-order chi connectivity index (χ1) is 13.6. The summed E-state index contributed by atoms with van der Waals surface area (Å²) in [6.45, 7) is 6.70. The number of hydrogen-bond acceptors (Lipinski definition) is 7. The molecule has 0 radical (unpaired) electrons. The van der Waals surface area contributed by atoms with Gasteiger partial charge < -0.3 is 10.1 Å². The van der Waals surface area contributed by atoms with E-state index in [1.165, 1.54) is 11.7 Å². The van der Waals surface area contributed by atoms with Crippen LogP contribution in [0.3, 0.4) is 0 Å². The van der Waals surface area contributed by atoms with Crippen molar-refractivity contribution < 1.29 is 14.3 Å². The van der Waals surface area contributed by atoms with Crippen LogP contribution in [0, 0.1) is 17.2 Å². The molecule has 29 heavy (non-hydrogen) atoms. The van der Waals surface area contributed by atoms with Gasteiger partial charge in [-0.2, -0.15) is 5.26 Å². The summed E-state index contributed by atoms with van der Waals surface area (Å²) in [6.07, 6.45) is 0. The molecular weight excluding hydrogens is 392 g/mol. The first-order valence-corrected chi connectivity index (χ1v) is 9.97. The van der Waals surface area contributed by atoms with Crippen LogP contribution >= 0.6 is 11.8 Å². The number of esters is 1.